The van der Waals surface area contributed by atoms with Crippen molar-refractivity contribution in [2.75, 3.05) is 31.1 Å². The first-order valence-electron chi connectivity index (χ1n) is 7.17. The van der Waals surface area contributed by atoms with Crippen LogP contribution in [0.15, 0.2) is 12.1 Å². The van der Waals surface area contributed by atoms with E-state index >= 15 is 0 Å². The molecule has 1 aromatic rings. The van der Waals surface area contributed by atoms with Gasteiger partial charge in [0.2, 0.25) is 5.91 Å². The number of hydrogen-bond donors (Lipinski definition) is 1. The summed E-state index contributed by atoms with van der Waals surface area (Å²) in [5.74, 6) is 1.44. The van der Waals surface area contributed by atoms with Gasteiger partial charge in [0.15, 0.2) is 5.82 Å². The molecule has 6 nitrogen and oxygen atoms in total. The van der Waals surface area contributed by atoms with Crippen molar-refractivity contribution in [1.29, 1.82) is 0 Å². The molecular weight excluding hydrogens is 256 g/mol. The molecule has 2 aliphatic rings. The lowest BCUT2D eigenvalue weighted by atomic mass is 10.00. The highest BCUT2D eigenvalue weighted by atomic mass is 16.5. The molecule has 3 heterocycles. The van der Waals surface area contributed by atoms with Crippen molar-refractivity contribution in [3.8, 4) is 0 Å². The molecule has 1 N–H and O–H groups in total. The van der Waals surface area contributed by atoms with Gasteiger partial charge in [-0.2, -0.15) is 5.10 Å². The van der Waals surface area contributed by atoms with Crippen molar-refractivity contribution < 1.29 is 9.53 Å². The van der Waals surface area contributed by atoms with Crippen molar-refractivity contribution in [2.24, 2.45) is 5.92 Å². The third-order valence-corrected chi connectivity index (χ3v) is 3.85. The normalized spacial score (nSPS) is 22.6. The minimum atomic E-state index is -0.228. The van der Waals surface area contributed by atoms with E-state index in [1.165, 1.54) is 0 Å². The molecule has 1 aromatic heterocycles. The quantitative estimate of drug-likeness (QED) is 0.868. The van der Waals surface area contributed by atoms with E-state index in [2.05, 4.69) is 20.4 Å². The number of amides is 1. The zero-order valence-electron chi connectivity index (χ0n) is 11.7. The van der Waals surface area contributed by atoms with Crippen LogP contribution in [-0.2, 0) is 9.53 Å². The van der Waals surface area contributed by atoms with Crippen molar-refractivity contribution >= 4 is 11.7 Å². The first-order chi connectivity index (χ1) is 9.72. The summed E-state index contributed by atoms with van der Waals surface area (Å²) in [6.45, 7) is 5.19. The van der Waals surface area contributed by atoms with Gasteiger partial charge in [-0.05, 0) is 31.9 Å². The number of carbonyl (C=O) groups is 1. The maximum Gasteiger partial charge on any atom is 0.249 e. The van der Waals surface area contributed by atoms with E-state index in [9.17, 15) is 4.79 Å². The predicted molar refractivity (Wildman–Crippen MR) is 74.5 cm³/mol. The van der Waals surface area contributed by atoms with Crippen LogP contribution in [0.5, 0.6) is 0 Å². The monoisotopic (exact) mass is 276 g/mol. The molecule has 6 heteroatoms. The van der Waals surface area contributed by atoms with Gasteiger partial charge in [-0.15, -0.1) is 5.10 Å². The highest BCUT2D eigenvalue weighted by Crippen LogP contribution is 2.21. The molecule has 2 fully saturated rings. The minimum Gasteiger partial charge on any atom is -0.368 e. The van der Waals surface area contributed by atoms with Crippen molar-refractivity contribution in [1.82, 2.24) is 15.5 Å². The summed E-state index contributed by atoms with van der Waals surface area (Å²) in [7, 11) is 0. The van der Waals surface area contributed by atoms with Gasteiger partial charge in [-0.1, -0.05) is 0 Å². The second-order valence-corrected chi connectivity index (χ2v) is 5.55. The van der Waals surface area contributed by atoms with Crippen LogP contribution in [0.25, 0.3) is 0 Å². The van der Waals surface area contributed by atoms with E-state index in [0.29, 0.717) is 19.1 Å². The lowest BCUT2D eigenvalue weighted by molar-refractivity contribution is -0.130. The maximum atomic E-state index is 11.8. The lowest BCUT2D eigenvalue weighted by Gasteiger charge is -2.40. The SMILES string of the molecule is Cc1ccc(N2CC(CNC(=O)C3CCCO3)C2)nn1. The fourth-order valence-corrected chi connectivity index (χ4v) is 2.59. The Bertz CT molecular complexity index is 465. The molecule has 1 unspecified atom stereocenters. The van der Waals surface area contributed by atoms with Crippen LogP contribution in [0, 0.1) is 12.8 Å². The summed E-state index contributed by atoms with van der Waals surface area (Å²) in [6, 6.07) is 3.96. The van der Waals surface area contributed by atoms with Gasteiger partial charge in [0.25, 0.3) is 0 Å². The summed E-state index contributed by atoms with van der Waals surface area (Å²) in [4.78, 5) is 14.0. The molecule has 1 amide bonds. The fourth-order valence-electron chi connectivity index (χ4n) is 2.59. The van der Waals surface area contributed by atoms with E-state index in [1.807, 2.05) is 19.1 Å². The third-order valence-electron chi connectivity index (χ3n) is 3.85. The van der Waals surface area contributed by atoms with Crippen LogP contribution in [0.2, 0.25) is 0 Å². The fraction of sp³-hybridized carbons (Fsp3) is 0.643. The Hall–Kier alpha value is -1.69. The molecule has 3 rings (SSSR count). The number of aryl methyl sites for hydroxylation is 1. The van der Waals surface area contributed by atoms with Gasteiger partial charge in [-0.3, -0.25) is 4.79 Å². The summed E-state index contributed by atoms with van der Waals surface area (Å²) >= 11 is 0. The van der Waals surface area contributed by atoms with E-state index in [4.69, 9.17) is 4.74 Å². The molecule has 0 saturated carbocycles. The van der Waals surface area contributed by atoms with Crippen molar-refractivity contribution in [2.45, 2.75) is 25.9 Å². The zero-order valence-corrected chi connectivity index (χ0v) is 11.7. The standard InChI is InChI=1S/C14H20N4O2/c1-10-4-5-13(17-16-10)18-8-11(9-18)7-15-14(19)12-3-2-6-20-12/h4-5,11-12H,2-3,6-9H2,1H3,(H,15,19). The van der Waals surface area contributed by atoms with Crippen LogP contribution in [-0.4, -0.2) is 48.4 Å². The minimum absolute atomic E-state index is 0.0380. The van der Waals surface area contributed by atoms with Crippen molar-refractivity contribution in [3.63, 3.8) is 0 Å². The Morgan fingerprint density at radius 3 is 2.95 bits per heavy atom. The average Bonchev–Trinajstić information content (AvgIpc) is 2.92. The predicted octanol–water partition coefficient (Wildman–Crippen LogP) is 0.516. The lowest BCUT2D eigenvalue weighted by Crippen LogP contribution is -2.52. The Labute approximate surface area is 118 Å². The summed E-state index contributed by atoms with van der Waals surface area (Å²) in [5, 5.41) is 11.2. The van der Waals surface area contributed by atoms with Gasteiger partial charge >= 0.3 is 0 Å². The maximum absolute atomic E-state index is 11.8. The number of hydrogen-bond acceptors (Lipinski definition) is 5. The smallest absolute Gasteiger partial charge is 0.249 e. The highest BCUT2D eigenvalue weighted by molar-refractivity contribution is 5.80. The largest absolute Gasteiger partial charge is 0.368 e. The van der Waals surface area contributed by atoms with Gasteiger partial charge in [-0.25, -0.2) is 0 Å². The van der Waals surface area contributed by atoms with Gasteiger partial charge in [0.05, 0.1) is 5.69 Å². The van der Waals surface area contributed by atoms with Crippen LogP contribution >= 0.6 is 0 Å². The summed E-state index contributed by atoms with van der Waals surface area (Å²) in [5.41, 5.74) is 0.926. The Kier molecular flexibility index (Phi) is 3.82. The average molecular weight is 276 g/mol. The number of ether oxygens (including phenoxy) is 1. The van der Waals surface area contributed by atoms with E-state index in [0.717, 1.165) is 37.4 Å². The van der Waals surface area contributed by atoms with Gasteiger partial charge in [0, 0.05) is 32.2 Å². The number of anilines is 1. The number of nitrogens with one attached hydrogen (secondary N) is 1. The summed E-state index contributed by atoms with van der Waals surface area (Å²) < 4.78 is 5.36. The molecule has 1 atom stereocenters. The van der Waals surface area contributed by atoms with E-state index in [1.54, 1.807) is 0 Å². The van der Waals surface area contributed by atoms with E-state index < -0.39 is 0 Å². The Balaban J connectivity index is 1.40. The molecule has 20 heavy (non-hydrogen) atoms. The third kappa shape index (κ3) is 2.90. The molecule has 108 valence electrons. The van der Waals surface area contributed by atoms with E-state index in [-0.39, 0.29) is 12.0 Å². The van der Waals surface area contributed by atoms with Crippen LogP contribution in [0.4, 0.5) is 5.82 Å². The second kappa shape index (κ2) is 5.75. The molecule has 0 spiro atoms. The topological polar surface area (TPSA) is 67.4 Å². The second-order valence-electron chi connectivity index (χ2n) is 5.55. The van der Waals surface area contributed by atoms with Crippen LogP contribution in [0.3, 0.4) is 0 Å². The molecule has 2 aliphatic heterocycles. The van der Waals surface area contributed by atoms with Gasteiger partial charge in [0.1, 0.15) is 6.10 Å². The number of carbonyl (C=O) groups excluding carboxylic acids is 1. The first-order valence-corrected chi connectivity index (χ1v) is 7.17. The highest BCUT2D eigenvalue weighted by Gasteiger charge is 2.30. The molecule has 2 saturated heterocycles. The van der Waals surface area contributed by atoms with Crippen LogP contribution in [0.1, 0.15) is 18.5 Å². The first kappa shape index (κ1) is 13.3. The number of rotatable bonds is 4. The molecule has 0 aliphatic carbocycles. The summed E-state index contributed by atoms with van der Waals surface area (Å²) in [6.07, 6.45) is 1.61. The molecule has 0 radical (unpaired) electrons. The molecular formula is C14H20N4O2. The Morgan fingerprint density at radius 1 is 1.45 bits per heavy atom. The van der Waals surface area contributed by atoms with Crippen molar-refractivity contribution in [3.05, 3.63) is 17.8 Å². The number of nitrogens with zero attached hydrogens (tertiary/aromatic N) is 3. The molecule has 0 aromatic carbocycles. The van der Waals surface area contributed by atoms with Crippen LogP contribution < -0.4 is 10.2 Å². The Morgan fingerprint density at radius 2 is 2.30 bits per heavy atom. The molecule has 0 bridgehead atoms. The van der Waals surface area contributed by atoms with Gasteiger partial charge < -0.3 is 15.0 Å². The number of aromatic nitrogens is 2. The zero-order chi connectivity index (χ0) is 13.9.